The van der Waals surface area contributed by atoms with Crippen LogP contribution >= 0.6 is 0 Å². The Balaban J connectivity index is -0.0000000480. The summed E-state index contributed by atoms with van der Waals surface area (Å²) in [5.41, 5.74) is 0. The average molecular weight is 287 g/mol. The van der Waals surface area contributed by atoms with Crippen LogP contribution in [0.5, 0.6) is 0 Å². The van der Waals surface area contributed by atoms with Crippen molar-refractivity contribution in [2.75, 3.05) is 40.1 Å². The summed E-state index contributed by atoms with van der Waals surface area (Å²) in [5, 5.41) is 0. The van der Waals surface area contributed by atoms with Crippen LogP contribution < -0.4 is 0 Å². The summed E-state index contributed by atoms with van der Waals surface area (Å²) in [6.45, 7) is 5.98. The van der Waals surface area contributed by atoms with E-state index in [0.29, 0.717) is 13.2 Å². The second-order valence-electron chi connectivity index (χ2n) is 2.92. The maximum absolute atomic E-state index is 5.32. The van der Waals surface area contributed by atoms with Crippen LogP contribution in [0.3, 0.4) is 0 Å². The molecule has 0 spiro atoms. The monoisotopic (exact) mass is 286 g/mol. The number of ether oxygens (including phenoxy) is 3. The van der Waals surface area contributed by atoms with E-state index in [1.165, 1.54) is 6.42 Å². The molecule has 0 aliphatic rings. The highest BCUT2D eigenvalue weighted by Crippen LogP contribution is 1.88. The molecule has 19 heavy (non-hydrogen) atoms. The molecule has 0 aromatic heterocycles. The fourth-order valence-corrected chi connectivity index (χ4v) is 0.874. The van der Waals surface area contributed by atoms with Gasteiger partial charge in [-0.2, -0.15) is 0 Å². The lowest BCUT2D eigenvalue weighted by atomic mass is 10.4. The molecule has 0 unspecified atom stereocenters. The lowest BCUT2D eigenvalue weighted by Gasteiger charge is -2.04. The normalized spacial score (nSPS) is 7.26. The smallest absolute Gasteiger partial charge is 0.0700 e. The van der Waals surface area contributed by atoms with E-state index in [1.54, 1.807) is 7.11 Å². The third-order valence-corrected chi connectivity index (χ3v) is 1.65. The highest BCUT2D eigenvalue weighted by molar-refractivity contribution is 4.35. The third kappa shape index (κ3) is 46.2. The van der Waals surface area contributed by atoms with Crippen LogP contribution in [0.2, 0.25) is 0 Å². The Morgan fingerprint density at radius 2 is 1.00 bits per heavy atom. The van der Waals surface area contributed by atoms with Gasteiger partial charge in [-0.25, -0.2) is 0 Å². The predicted octanol–water partition coefficient (Wildman–Crippen LogP) is 5.67. The number of rotatable bonds is 10. The van der Waals surface area contributed by atoms with E-state index in [4.69, 9.17) is 14.2 Å². The van der Waals surface area contributed by atoms with Crippen LogP contribution in [-0.2, 0) is 14.2 Å². The Labute approximate surface area is 126 Å². The lowest BCUT2D eigenvalue weighted by molar-refractivity contribution is 0.0390. The molecule has 0 heterocycles. The van der Waals surface area contributed by atoms with Gasteiger partial charge in [0, 0.05) is 26.9 Å². The van der Waals surface area contributed by atoms with Crippen molar-refractivity contribution in [3.63, 3.8) is 0 Å². The summed E-state index contributed by atoms with van der Waals surface area (Å²) in [5.74, 6) is 0. The topological polar surface area (TPSA) is 27.7 Å². The molecule has 0 aromatic rings. The zero-order valence-corrected chi connectivity index (χ0v) is 8.88. The lowest BCUT2D eigenvalue weighted by Crippen LogP contribution is -2.07. The quantitative estimate of drug-likeness (QED) is 0.484. The summed E-state index contributed by atoms with van der Waals surface area (Å²) in [4.78, 5) is 0. The van der Waals surface area contributed by atoms with Crippen LogP contribution in [0.1, 0.15) is 70.7 Å². The highest BCUT2D eigenvalue weighted by atomic mass is 16.5. The Morgan fingerprint density at radius 1 is 0.579 bits per heavy atom. The van der Waals surface area contributed by atoms with Crippen LogP contribution in [0, 0.1) is 0 Å². The van der Waals surface area contributed by atoms with Gasteiger partial charge in [-0.3, -0.25) is 0 Å². The molecule has 0 amide bonds. The Bertz CT molecular complexity index is 78.1. The summed E-state index contributed by atoms with van der Waals surface area (Å²) in [6.07, 6.45) is 3.30. The first-order valence-corrected chi connectivity index (χ1v) is 5.06. The molecule has 0 radical (unpaired) electrons. The molecule has 0 fully saturated rings. The van der Waals surface area contributed by atoms with Crippen LogP contribution in [0.25, 0.3) is 0 Å². The van der Waals surface area contributed by atoms with Gasteiger partial charge in [0.15, 0.2) is 0 Å². The number of unbranched alkanes of at least 4 members (excludes halogenated alkanes) is 1. The van der Waals surface area contributed by atoms with Gasteiger partial charge in [-0.05, 0) is 12.8 Å². The standard InChI is InChI=1S/C10H22O3.6CH4/c1-3-4-7-12-9-10-13-8-5-6-11-2;;;;;;/h3-10H2,1-2H3;6*1H4. The minimum atomic E-state index is 0. The third-order valence-electron chi connectivity index (χ3n) is 1.65. The van der Waals surface area contributed by atoms with E-state index < -0.39 is 0 Å². The summed E-state index contributed by atoms with van der Waals surface area (Å²) in [6, 6.07) is 0. The minimum absolute atomic E-state index is 0. The first-order valence-electron chi connectivity index (χ1n) is 5.06. The molecular formula is C16H46O3. The molecule has 0 atom stereocenters. The zero-order chi connectivity index (χ0) is 9.78. The van der Waals surface area contributed by atoms with Gasteiger partial charge in [-0.1, -0.05) is 57.9 Å². The van der Waals surface area contributed by atoms with Crippen molar-refractivity contribution in [2.24, 2.45) is 0 Å². The molecule has 0 saturated carbocycles. The second-order valence-corrected chi connectivity index (χ2v) is 2.92. The van der Waals surface area contributed by atoms with Crippen LogP contribution in [0.15, 0.2) is 0 Å². The van der Waals surface area contributed by atoms with Crippen molar-refractivity contribution in [3.05, 3.63) is 0 Å². The molecule has 3 heteroatoms. The van der Waals surface area contributed by atoms with Gasteiger partial charge >= 0.3 is 0 Å². The number of hydrogen-bond acceptors (Lipinski definition) is 3. The van der Waals surface area contributed by atoms with Gasteiger partial charge in [0.1, 0.15) is 0 Å². The van der Waals surface area contributed by atoms with Crippen LogP contribution in [-0.4, -0.2) is 40.1 Å². The van der Waals surface area contributed by atoms with Gasteiger partial charge in [0.25, 0.3) is 0 Å². The molecule has 0 saturated heterocycles. The predicted molar refractivity (Wildman–Crippen MR) is 93.4 cm³/mol. The Hall–Kier alpha value is -0.120. The first kappa shape index (κ1) is 42.8. The summed E-state index contributed by atoms with van der Waals surface area (Å²) >= 11 is 0. The fourth-order valence-electron chi connectivity index (χ4n) is 0.874. The average Bonchev–Trinajstić information content (AvgIpc) is 2.16. The van der Waals surface area contributed by atoms with E-state index in [1.807, 2.05) is 0 Å². The minimum Gasteiger partial charge on any atom is -0.385 e. The van der Waals surface area contributed by atoms with Crippen molar-refractivity contribution < 1.29 is 14.2 Å². The van der Waals surface area contributed by atoms with Crippen LogP contribution in [0.4, 0.5) is 0 Å². The van der Waals surface area contributed by atoms with Gasteiger partial charge in [-0.15, -0.1) is 0 Å². The van der Waals surface area contributed by atoms with E-state index in [2.05, 4.69) is 6.92 Å². The van der Waals surface area contributed by atoms with Gasteiger partial charge in [0.2, 0.25) is 0 Å². The maximum atomic E-state index is 5.32. The summed E-state index contributed by atoms with van der Waals surface area (Å²) < 4.78 is 15.5. The van der Waals surface area contributed by atoms with Crippen molar-refractivity contribution in [1.29, 1.82) is 0 Å². The Morgan fingerprint density at radius 3 is 1.37 bits per heavy atom. The van der Waals surface area contributed by atoms with E-state index >= 15 is 0 Å². The first-order chi connectivity index (χ1) is 6.41. The zero-order valence-electron chi connectivity index (χ0n) is 8.88. The SMILES string of the molecule is C.C.C.C.C.C.CCCCOCCOCCCOC. The van der Waals surface area contributed by atoms with E-state index in [-0.39, 0.29) is 44.6 Å². The molecule has 0 rings (SSSR count). The molecule has 0 aliphatic heterocycles. The van der Waals surface area contributed by atoms with Crippen molar-refractivity contribution in [2.45, 2.75) is 70.7 Å². The molecule has 0 N–H and O–H groups in total. The van der Waals surface area contributed by atoms with Gasteiger partial charge < -0.3 is 14.2 Å². The highest BCUT2D eigenvalue weighted by Gasteiger charge is 1.89. The molecule has 0 aromatic carbocycles. The molecular weight excluding hydrogens is 240 g/mol. The van der Waals surface area contributed by atoms with Crippen molar-refractivity contribution >= 4 is 0 Å². The van der Waals surface area contributed by atoms with E-state index in [0.717, 1.165) is 32.7 Å². The second kappa shape index (κ2) is 43.0. The maximum Gasteiger partial charge on any atom is 0.0700 e. The molecule has 0 bridgehead atoms. The number of hydrogen-bond donors (Lipinski definition) is 0. The fraction of sp³-hybridized carbons (Fsp3) is 1.00. The molecule has 3 nitrogen and oxygen atoms in total. The molecule has 0 aliphatic carbocycles. The Kier molecular flexibility index (Phi) is 96.9. The van der Waals surface area contributed by atoms with Crippen molar-refractivity contribution in [1.82, 2.24) is 0 Å². The largest absolute Gasteiger partial charge is 0.385 e. The summed E-state index contributed by atoms with van der Waals surface area (Å²) in [7, 11) is 1.70. The molecule has 128 valence electrons. The van der Waals surface area contributed by atoms with Gasteiger partial charge in [0.05, 0.1) is 13.2 Å². The van der Waals surface area contributed by atoms with Crippen molar-refractivity contribution in [3.8, 4) is 0 Å². The van der Waals surface area contributed by atoms with E-state index in [9.17, 15) is 0 Å². The number of methoxy groups -OCH3 is 1.